The molecule has 0 amide bonds. The third kappa shape index (κ3) is 3.89. The fraction of sp³-hybridized carbons (Fsp3) is 0.174. The van der Waals surface area contributed by atoms with E-state index in [1.165, 1.54) is 18.6 Å². The molecule has 3 heterocycles. The van der Waals surface area contributed by atoms with E-state index in [-0.39, 0.29) is 18.1 Å². The summed E-state index contributed by atoms with van der Waals surface area (Å²) in [6, 6.07) is 5.12. The van der Waals surface area contributed by atoms with Crippen molar-refractivity contribution in [2.45, 2.75) is 13.0 Å². The molecule has 34 heavy (non-hydrogen) atoms. The molecule has 1 aliphatic heterocycles. The van der Waals surface area contributed by atoms with Crippen molar-refractivity contribution in [2.24, 2.45) is 0 Å². The summed E-state index contributed by atoms with van der Waals surface area (Å²) in [6.07, 6.45) is 4.66. The molecule has 0 aliphatic carbocycles. The zero-order valence-electron chi connectivity index (χ0n) is 18.1. The minimum atomic E-state index is -1.27. The van der Waals surface area contributed by atoms with Crippen LogP contribution < -0.4 is 15.0 Å². The molecule has 2 aromatic carbocycles. The van der Waals surface area contributed by atoms with Crippen LogP contribution in [0, 0.1) is 30.2 Å². The fourth-order valence-electron chi connectivity index (χ4n) is 3.77. The molecular formula is C23H18F4N6O. The molecule has 0 radical (unpaired) electrons. The van der Waals surface area contributed by atoms with Gasteiger partial charge in [-0.15, -0.1) is 0 Å². The summed E-state index contributed by atoms with van der Waals surface area (Å²) in [5.74, 6) is -3.00. The number of rotatable bonds is 4. The van der Waals surface area contributed by atoms with Crippen molar-refractivity contribution < 1.29 is 22.3 Å². The molecule has 0 saturated carbocycles. The van der Waals surface area contributed by atoms with Gasteiger partial charge >= 0.3 is 0 Å². The second-order valence-electron chi connectivity index (χ2n) is 7.82. The smallest absolute Gasteiger partial charge is 0.229 e. The first-order valence-electron chi connectivity index (χ1n) is 10.2. The van der Waals surface area contributed by atoms with Crippen LogP contribution >= 0.6 is 0 Å². The molecular weight excluding hydrogens is 452 g/mol. The van der Waals surface area contributed by atoms with Crippen LogP contribution in [-0.4, -0.2) is 33.2 Å². The Hall–Kier alpha value is -4.15. The highest BCUT2D eigenvalue weighted by atomic mass is 19.2. The van der Waals surface area contributed by atoms with E-state index in [0.717, 1.165) is 11.8 Å². The van der Waals surface area contributed by atoms with E-state index in [4.69, 9.17) is 4.74 Å². The van der Waals surface area contributed by atoms with Gasteiger partial charge in [-0.3, -0.25) is 0 Å². The van der Waals surface area contributed by atoms with Gasteiger partial charge in [0.05, 0.1) is 29.9 Å². The molecule has 5 rings (SSSR count). The molecule has 11 heteroatoms. The average Bonchev–Trinajstić information content (AvgIpc) is 3.23. The lowest BCUT2D eigenvalue weighted by Gasteiger charge is -2.35. The van der Waals surface area contributed by atoms with Gasteiger partial charge < -0.3 is 19.5 Å². The van der Waals surface area contributed by atoms with E-state index in [9.17, 15) is 17.6 Å². The Bertz CT molecular complexity index is 1390. The van der Waals surface area contributed by atoms with Gasteiger partial charge in [0.2, 0.25) is 5.95 Å². The number of aromatic nitrogens is 4. The normalized spacial score (nSPS) is 15.1. The average molecular weight is 470 g/mol. The summed E-state index contributed by atoms with van der Waals surface area (Å²) in [7, 11) is 1.63. The molecule has 0 fully saturated rings. The molecule has 1 aliphatic rings. The van der Waals surface area contributed by atoms with Gasteiger partial charge in [-0.05, 0) is 31.2 Å². The zero-order chi connectivity index (χ0) is 24.0. The van der Waals surface area contributed by atoms with Crippen LogP contribution in [-0.2, 0) is 0 Å². The van der Waals surface area contributed by atoms with Crippen molar-refractivity contribution >= 4 is 17.5 Å². The first-order valence-corrected chi connectivity index (χ1v) is 10.2. The minimum Gasteiger partial charge on any atom is -0.486 e. The monoisotopic (exact) mass is 470 g/mol. The van der Waals surface area contributed by atoms with E-state index in [2.05, 4.69) is 20.3 Å². The SMILES string of the molecule is Cc1cn(-c2ccc(Nc3ncc4c(n3)N(C)C(c3cc(F)c(F)cc3F)CO4)cc2F)cn1. The molecule has 7 nitrogen and oxygen atoms in total. The Morgan fingerprint density at radius 3 is 2.53 bits per heavy atom. The molecule has 2 aromatic heterocycles. The third-order valence-corrected chi connectivity index (χ3v) is 5.53. The van der Waals surface area contributed by atoms with Crippen molar-refractivity contribution in [1.29, 1.82) is 0 Å². The lowest BCUT2D eigenvalue weighted by Crippen LogP contribution is -2.35. The highest BCUT2D eigenvalue weighted by Crippen LogP contribution is 2.38. The number of anilines is 3. The van der Waals surface area contributed by atoms with Crippen LogP contribution in [0.15, 0.2) is 49.1 Å². The largest absolute Gasteiger partial charge is 0.486 e. The second kappa shape index (κ2) is 8.32. The van der Waals surface area contributed by atoms with Crippen molar-refractivity contribution in [2.75, 3.05) is 23.9 Å². The minimum absolute atomic E-state index is 0.0119. The maximum absolute atomic E-state index is 14.7. The predicted molar refractivity (Wildman–Crippen MR) is 117 cm³/mol. The van der Waals surface area contributed by atoms with Crippen molar-refractivity contribution in [3.8, 4) is 11.4 Å². The zero-order valence-corrected chi connectivity index (χ0v) is 18.1. The maximum Gasteiger partial charge on any atom is 0.229 e. The van der Waals surface area contributed by atoms with Crippen LogP contribution in [0.5, 0.6) is 5.75 Å². The molecule has 1 atom stereocenters. The molecule has 4 aromatic rings. The Kier molecular flexibility index (Phi) is 5.31. The van der Waals surface area contributed by atoms with Gasteiger partial charge in [-0.1, -0.05) is 0 Å². The number of hydrogen-bond donors (Lipinski definition) is 1. The van der Waals surface area contributed by atoms with Gasteiger partial charge in [0, 0.05) is 30.6 Å². The molecule has 174 valence electrons. The van der Waals surface area contributed by atoms with Gasteiger partial charge in [-0.25, -0.2) is 27.5 Å². The van der Waals surface area contributed by atoms with E-state index < -0.39 is 29.3 Å². The van der Waals surface area contributed by atoms with E-state index in [0.29, 0.717) is 29.0 Å². The Morgan fingerprint density at radius 1 is 1.00 bits per heavy atom. The number of likely N-dealkylation sites (N-methyl/N-ethyl adjacent to an activating group) is 1. The highest BCUT2D eigenvalue weighted by Gasteiger charge is 2.31. The number of imidazole rings is 1. The summed E-state index contributed by atoms with van der Waals surface area (Å²) in [5.41, 5.74) is 1.44. The number of nitrogens with zero attached hydrogens (tertiary/aromatic N) is 5. The third-order valence-electron chi connectivity index (χ3n) is 5.53. The Morgan fingerprint density at radius 2 is 1.79 bits per heavy atom. The van der Waals surface area contributed by atoms with E-state index in [1.54, 1.807) is 34.8 Å². The van der Waals surface area contributed by atoms with E-state index >= 15 is 0 Å². The predicted octanol–water partition coefficient (Wildman–Crippen LogP) is 4.84. The summed E-state index contributed by atoms with van der Waals surface area (Å²) in [5, 5.41) is 2.93. The first-order chi connectivity index (χ1) is 16.3. The summed E-state index contributed by atoms with van der Waals surface area (Å²) in [4.78, 5) is 14.3. The summed E-state index contributed by atoms with van der Waals surface area (Å²) in [6.45, 7) is 1.80. The number of ether oxygens (including phenoxy) is 1. The molecule has 0 saturated heterocycles. The van der Waals surface area contributed by atoms with Gasteiger partial charge in [-0.2, -0.15) is 4.98 Å². The van der Waals surface area contributed by atoms with Gasteiger partial charge in [0.15, 0.2) is 23.2 Å². The lowest BCUT2D eigenvalue weighted by atomic mass is 10.0. The number of hydrogen-bond acceptors (Lipinski definition) is 6. The van der Waals surface area contributed by atoms with Gasteiger partial charge in [0.25, 0.3) is 0 Å². The molecule has 0 spiro atoms. The van der Waals surface area contributed by atoms with Gasteiger partial charge in [0.1, 0.15) is 18.2 Å². The highest BCUT2D eigenvalue weighted by molar-refractivity contribution is 5.61. The van der Waals surface area contributed by atoms with Crippen molar-refractivity contribution in [3.63, 3.8) is 0 Å². The lowest BCUT2D eigenvalue weighted by molar-refractivity contribution is 0.261. The number of nitrogens with one attached hydrogen (secondary N) is 1. The maximum atomic E-state index is 14.7. The van der Waals surface area contributed by atoms with Crippen LogP contribution in [0.4, 0.5) is 35.0 Å². The van der Waals surface area contributed by atoms with Crippen LogP contribution in [0.3, 0.4) is 0 Å². The number of aryl methyl sites for hydroxylation is 1. The first kappa shape index (κ1) is 21.7. The standard InChI is InChI=1S/C23H18F4N6O/c1-12-9-33(11-29-12)19-4-3-13(5-18(19)27)30-23-28-8-21-22(31-23)32(2)20(10-34-21)14-6-16(25)17(26)7-15(14)24/h3-9,11,20H,10H2,1-2H3,(H,28,30,31). The number of halogens is 4. The molecule has 1 N–H and O–H groups in total. The number of fused-ring (bicyclic) bond motifs is 1. The van der Waals surface area contributed by atoms with Crippen LogP contribution in [0.2, 0.25) is 0 Å². The van der Waals surface area contributed by atoms with Crippen LogP contribution in [0.1, 0.15) is 17.3 Å². The quantitative estimate of drug-likeness (QED) is 0.340. The Labute approximate surface area is 191 Å². The fourth-order valence-corrected chi connectivity index (χ4v) is 3.77. The summed E-state index contributed by atoms with van der Waals surface area (Å²) < 4.78 is 63.3. The van der Waals surface area contributed by atoms with Crippen molar-refractivity contribution in [3.05, 3.63) is 83.6 Å². The second-order valence-corrected chi connectivity index (χ2v) is 7.82. The van der Waals surface area contributed by atoms with Crippen LogP contribution in [0.25, 0.3) is 5.69 Å². The van der Waals surface area contributed by atoms with Crippen molar-refractivity contribution in [1.82, 2.24) is 19.5 Å². The molecule has 1 unspecified atom stereocenters. The summed E-state index contributed by atoms with van der Waals surface area (Å²) >= 11 is 0. The molecule has 0 bridgehead atoms. The van der Waals surface area contributed by atoms with E-state index in [1.807, 2.05) is 6.92 Å². The Balaban J connectivity index is 1.41. The number of benzene rings is 2. The topological polar surface area (TPSA) is 68.1 Å².